The van der Waals surface area contributed by atoms with E-state index in [1.165, 1.54) is 0 Å². The molecule has 0 radical (unpaired) electrons. The van der Waals surface area contributed by atoms with Crippen LogP contribution >= 0.6 is 0 Å². The van der Waals surface area contributed by atoms with Crippen molar-refractivity contribution in [3.63, 3.8) is 0 Å². The summed E-state index contributed by atoms with van der Waals surface area (Å²) in [5, 5.41) is -0.802. The number of hydrogen-bond acceptors (Lipinski definition) is 8. The molecule has 10 heteroatoms. The smallest absolute Gasteiger partial charge is 0.270 e. The summed E-state index contributed by atoms with van der Waals surface area (Å²) >= 11 is 0. The number of nitrogens with zero attached hydrogens (tertiary/aromatic N) is 2. The predicted octanol–water partition coefficient (Wildman–Crippen LogP) is 6.27. The lowest BCUT2D eigenvalue weighted by Gasteiger charge is -2.13. The Kier molecular flexibility index (Phi) is 7.82. The Morgan fingerprint density at radius 2 is 0.708 bits per heavy atom. The third-order valence-electron chi connectivity index (χ3n) is 7.81. The molecule has 0 amide bonds. The number of benzene rings is 5. The van der Waals surface area contributed by atoms with Gasteiger partial charge in [0.1, 0.15) is 44.5 Å². The van der Waals surface area contributed by atoms with Gasteiger partial charge in [-0.15, -0.1) is 0 Å². The third-order valence-corrected chi connectivity index (χ3v) is 7.81. The maximum absolute atomic E-state index is 14.3. The van der Waals surface area contributed by atoms with Gasteiger partial charge >= 0.3 is 0 Å². The van der Waals surface area contributed by atoms with Crippen LogP contribution in [0.15, 0.2) is 128 Å². The van der Waals surface area contributed by atoms with E-state index in [1.54, 1.807) is 109 Å². The Morgan fingerprint density at radius 1 is 0.417 bits per heavy atom. The molecule has 0 atom stereocenters. The Labute approximate surface area is 272 Å². The van der Waals surface area contributed by atoms with Crippen molar-refractivity contribution in [1.82, 2.24) is 9.13 Å². The van der Waals surface area contributed by atoms with E-state index in [0.29, 0.717) is 36.1 Å². The van der Waals surface area contributed by atoms with Crippen molar-refractivity contribution < 1.29 is 18.9 Å². The molecule has 0 unspecified atom stereocenters. The highest BCUT2D eigenvalue weighted by Gasteiger charge is 2.32. The fourth-order valence-corrected chi connectivity index (χ4v) is 5.76. The number of para-hydroxylation sites is 2. The molecule has 5 aromatic carbocycles. The van der Waals surface area contributed by atoms with E-state index in [-0.39, 0.29) is 44.5 Å². The molecule has 0 fully saturated rings. The number of ether oxygens (including phenoxy) is 4. The molecule has 0 saturated heterocycles. The van der Waals surface area contributed by atoms with Gasteiger partial charge in [0, 0.05) is 0 Å². The van der Waals surface area contributed by atoms with E-state index in [0.717, 1.165) is 9.13 Å². The van der Waals surface area contributed by atoms with Crippen LogP contribution in [0.4, 0.5) is 0 Å². The molecule has 0 saturated carbocycles. The summed E-state index contributed by atoms with van der Waals surface area (Å²) in [4.78, 5) is 57.4. The topological polar surface area (TPSA) is 115 Å². The maximum atomic E-state index is 14.3. The predicted molar refractivity (Wildman–Crippen MR) is 183 cm³/mol. The zero-order valence-corrected chi connectivity index (χ0v) is 26.0. The van der Waals surface area contributed by atoms with Crippen LogP contribution in [0, 0.1) is 0 Å². The van der Waals surface area contributed by atoms with Gasteiger partial charge in [-0.1, -0.05) is 36.4 Å². The average molecular weight is 641 g/mol. The normalized spacial score (nSPS) is 11.2. The Bertz CT molecular complexity index is 2220. The number of fused-ring (bicyclic) bond motifs is 2. The first-order valence-electron chi connectivity index (χ1n) is 15.3. The van der Waals surface area contributed by atoms with E-state index < -0.39 is 22.2 Å². The summed E-state index contributed by atoms with van der Waals surface area (Å²) in [5.41, 5.74) is -2.35. The van der Waals surface area contributed by atoms with Gasteiger partial charge in [0.2, 0.25) is 0 Å². The molecule has 0 spiro atoms. The van der Waals surface area contributed by atoms with Gasteiger partial charge in [-0.2, -0.15) is 0 Å². The van der Waals surface area contributed by atoms with Crippen LogP contribution in [0.2, 0.25) is 0 Å². The second kappa shape index (κ2) is 12.4. The number of rotatable bonds is 10. The molecule has 2 aromatic heterocycles. The molecule has 0 aliphatic carbocycles. The lowest BCUT2D eigenvalue weighted by Crippen LogP contribution is -2.24. The Balaban J connectivity index is 1.60. The molecule has 48 heavy (non-hydrogen) atoms. The molecule has 10 nitrogen and oxygen atoms in total. The third kappa shape index (κ3) is 5.09. The summed E-state index contributed by atoms with van der Waals surface area (Å²) in [6.45, 7) is 4.62. The van der Waals surface area contributed by atoms with E-state index in [9.17, 15) is 19.2 Å². The molecule has 0 bridgehead atoms. The number of aromatic nitrogens is 2. The van der Waals surface area contributed by atoms with Crippen molar-refractivity contribution >= 4 is 21.5 Å². The van der Waals surface area contributed by atoms with Crippen LogP contribution < -0.4 is 41.2 Å². The van der Waals surface area contributed by atoms with Gasteiger partial charge in [0.15, 0.2) is 11.5 Å². The van der Waals surface area contributed by atoms with E-state index >= 15 is 0 Å². The van der Waals surface area contributed by atoms with Crippen LogP contribution in [-0.2, 0) is 0 Å². The van der Waals surface area contributed by atoms with Crippen molar-refractivity contribution in [2.45, 2.75) is 13.8 Å². The first-order chi connectivity index (χ1) is 23.4. The van der Waals surface area contributed by atoms with Crippen molar-refractivity contribution in [2.24, 2.45) is 0 Å². The molecule has 0 aliphatic heterocycles. The van der Waals surface area contributed by atoms with Crippen molar-refractivity contribution in [3.8, 4) is 45.9 Å². The first kappa shape index (κ1) is 30.2. The van der Waals surface area contributed by atoms with Crippen LogP contribution in [0.5, 0.6) is 34.5 Å². The van der Waals surface area contributed by atoms with E-state index in [2.05, 4.69) is 0 Å². The van der Waals surface area contributed by atoms with Crippen LogP contribution in [0.25, 0.3) is 32.9 Å². The lowest BCUT2D eigenvalue weighted by molar-refractivity contribution is 0.339. The van der Waals surface area contributed by atoms with Gasteiger partial charge in [0.25, 0.3) is 22.2 Å². The summed E-state index contributed by atoms with van der Waals surface area (Å²) < 4.78 is 25.7. The van der Waals surface area contributed by atoms with Crippen molar-refractivity contribution in [1.29, 1.82) is 0 Å². The molecule has 0 N–H and O–H groups in total. The minimum absolute atomic E-state index is 0.200. The Morgan fingerprint density at radius 3 is 1.00 bits per heavy atom. The highest BCUT2D eigenvalue weighted by Crippen LogP contribution is 2.42. The second-order valence-corrected chi connectivity index (χ2v) is 10.7. The summed E-state index contributed by atoms with van der Waals surface area (Å²) in [6.07, 6.45) is 0. The van der Waals surface area contributed by atoms with Gasteiger partial charge in [-0.25, -0.2) is 9.13 Å². The van der Waals surface area contributed by atoms with Crippen molar-refractivity contribution in [2.75, 3.05) is 13.2 Å². The molecule has 238 valence electrons. The minimum Gasteiger partial charge on any atom is -0.494 e. The van der Waals surface area contributed by atoms with Crippen LogP contribution in [0.1, 0.15) is 13.8 Å². The largest absolute Gasteiger partial charge is 0.494 e. The fraction of sp³-hybridized carbons (Fsp3) is 0.105. The SMILES string of the molecule is CCOc1ccc(Oc2c3c(=O)n(-c4ccccc4)c(=O)c3c(Oc3ccc(OCC)cc3)c3c(=O)n(-c4ccccc4)c(=O)c23)cc1. The van der Waals surface area contributed by atoms with Gasteiger partial charge in [-0.3, -0.25) is 19.2 Å². The zero-order valence-electron chi connectivity index (χ0n) is 26.0. The lowest BCUT2D eigenvalue weighted by atomic mass is 10.1. The highest BCUT2D eigenvalue weighted by molar-refractivity contribution is 6.11. The molecule has 7 rings (SSSR count). The maximum Gasteiger partial charge on any atom is 0.270 e. The summed E-state index contributed by atoms with van der Waals surface area (Å²) in [6, 6.07) is 29.9. The van der Waals surface area contributed by atoms with E-state index in [1.807, 2.05) is 13.8 Å². The summed E-state index contributed by atoms with van der Waals surface area (Å²) in [7, 11) is 0. The molecular formula is C38H28N2O8. The average Bonchev–Trinajstić information content (AvgIpc) is 3.53. The minimum atomic E-state index is -0.736. The molecule has 2 heterocycles. The van der Waals surface area contributed by atoms with Crippen molar-refractivity contribution in [3.05, 3.63) is 151 Å². The van der Waals surface area contributed by atoms with E-state index in [4.69, 9.17) is 18.9 Å². The van der Waals surface area contributed by atoms with Crippen LogP contribution in [0.3, 0.4) is 0 Å². The molecular weight excluding hydrogens is 612 g/mol. The highest BCUT2D eigenvalue weighted by atomic mass is 16.5. The summed E-state index contributed by atoms with van der Waals surface area (Å²) in [5.74, 6) is 1.22. The van der Waals surface area contributed by atoms with Gasteiger partial charge in [-0.05, 0) is 86.6 Å². The molecule has 0 aliphatic rings. The zero-order chi connectivity index (χ0) is 33.4. The fourth-order valence-electron chi connectivity index (χ4n) is 5.76. The van der Waals surface area contributed by atoms with Gasteiger partial charge in [0.05, 0.1) is 24.6 Å². The second-order valence-electron chi connectivity index (χ2n) is 10.7. The Hall–Kier alpha value is -6.42. The standard InChI is InChI=1S/C38H28N2O8/c1-3-45-25-15-19-27(20-16-25)47-33-29-31(37(43)39(35(29)41)23-11-7-5-8-12-23)34(48-28-21-17-26(18-22-28)46-4-2)32-30(33)36(42)40(38(32)44)24-13-9-6-10-14-24/h5-22H,3-4H2,1-2H3. The van der Waals surface area contributed by atoms with Gasteiger partial charge < -0.3 is 18.9 Å². The quantitative estimate of drug-likeness (QED) is 0.172. The monoisotopic (exact) mass is 640 g/mol. The van der Waals surface area contributed by atoms with Crippen LogP contribution in [-0.4, -0.2) is 22.3 Å². The number of hydrogen-bond donors (Lipinski definition) is 0. The first-order valence-corrected chi connectivity index (χ1v) is 15.3. The molecule has 7 aromatic rings.